The van der Waals surface area contributed by atoms with E-state index in [1.165, 1.54) is 15.7 Å². The van der Waals surface area contributed by atoms with Crippen LogP contribution in [0.3, 0.4) is 0 Å². The maximum atomic E-state index is 5.41. The summed E-state index contributed by atoms with van der Waals surface area (Å²) < 4.78 is 5.41. The number of hydrogen-bond donors (Lipinski definition) is 1. The molecule has 1 aliphatic heterocycles. The summed E-state index contributed by atoms with van der Waals surface area (Å²) in [6, 6.07) is 0.517. The second kappa shape index (κ2) is 7.22. The molecule has 0 amide bonds. The van der Waals surface area contributed by atoms with Crippen molar-refractivity contribution in [3.8, 4) is 0 Å². The van der Waals surface area contributed by atoms with Crippen LogP contribution in [0.5, 0.6) is 0 Å². The van der Waals surface area contributed by atoms with Gasteiger partial charge in [-0.25, -0.2) is 4.98 Å². The first kappa shape index (κ1) is 14.8. The third kappa shape index (κ3) is 4.16. The van der Waals surface area contributed by atoms with Crippen LogP contribution in [0.4, 0.5) is 5.13 Å². The van der Waals surface area contributed by atoms with Crippen molar-refractivity contribution in [2.45, 2.75) is 46.2 Å². The summed E-state index contributed by atoms with van der Waals surface area (Å²) in [7, 11) is 0. The summed E-state index contributed by atoms with van der Waals surface area (Å²) in [6.45, 7) is 11.1. The van der Waals surface area contributed by atoms with Gasteiger partial charge in [0, 0.05) is 30.6 Å². The van der Waals surface area contributed by atoms with Gasteiger partial charge in [0.15, 0.2) is 5.13 Å². The van der Waals surface area contributed by atoms with Crippen LogP contribution in [0.1, 0.15) is 37.8 Å². The number of nitrogens with one attached hydrogen (secondary N) is 1. The molecule has 108 valence electrons. The second-order valence-electron chi connectivity index (χ2n) is 5.25. The molecule has 1 aromatic rings. The molecule has 0 aliphatic carbocycles. The Labute approximate surface area is 120 Å². The molecule has 0 spiro atoms. The van der Waals surface area contributed by atoms with Gasteiger partial charge in [0.1, 0.15) is 0 Å². The number of ether oxygens (including phenoxy) is 1. The molecule has 0 bridgehead atoms. The smallest absolute Gasteiger partial charge is 0.185 e. The first-order valence-electron chi connectivity index (χ1n) is 7.25. The number of morpholine rings is 1. The maximum Gasteiger partial charge on any atom is 0.185 e. The van der Waals surface area contributed by atoms with Crippen molar-refractivity contribution in [1.82, 2.24) is 10.3 Å². The molecule has 1 N–H and O–H groups in total. The Balaban J connectivity index is 2.08. The molecular formula is C14H25N3OS. The van der Waals surface area contributed by atoms with E-state index in [1.807, 2.05) is 11.3 Å². The molecule has 0 aromatic carbocycles. The van der Waals surface area contributed by atoms with Crippen LogP contribution in [0.2, 0.25) is 0 Å². The van der Waals surface area contributed by atoms with E-state index in [9.17, 15) is 0 Å². The quantitative estimate of drug-likeness (QED) is 0.870. The highest BCUT2D eigenvalue weighted by atomic mass is 32.1. The van der Waals surface area contributed by atoms with Gasteiger partial charge in [-0.2, -0.15) is 0 Å². The number of nitrogens with zero attached hydrogens (tertiary/aromatic N) is 2. The van der Waals surface area contributed by atoms with Crippen LogP contribution in [0.25, 0.3) is 0 Å². The van der Waals surface area contributed by atoms with Crippen LogP contribution < -0.4 is 10.2 Å². The SMILES string of the molecule is CCCc1nc(N2CCOCC2)sc1CNC(C)C. The van der Waals surface area contributed by atoms with Gasteiger partial charge in [-0.05, 0) is 6.42 Å². The predicted molar refractivity (Wildman–Crippen MR) is 81.1 cm³/mol. The molecule has 19 heavy (non-hydrogen) atoms. The average Bonchev–Trinajstić information content (AvgIpc) is 2.81. The Morgan fingerprint density at radius 2 is 2.11 bits per heavy atom. The fraction of sp³-hybridized carbons (Fsp3) is 0.786. The summed E-state index contributed by atoms with van der Waals surface area (Å²) in [5, 5.41) is 4.68. The minimum absolute atomic E-state index is 0.517. The van der Waals surface area contributed by atoms with Gasteiger partial charge in [0.25, 0.3) is 0 Å². The van der Waals surface area contributed by atoms with Crippen molar-refractivity contribution in [2.24, 2.45) is 0 Å². The van der Waals surface area contributed by atoms with E-state index in [0.717, 1.165) is 45.7 Å². The van der Waals surface area contributed by atoms with Gasteiger partial charge in [0.2, 0.25) is 0 Å². The molecule has 4 nitrogen and oxygen atoms in total. The normalized spacial score (nSPS) is 16.3. The maximum absolute atomic E-state index is 5.41. The van der Waals surface area contributed by atoms with Crippen LogP contribution in [0.15, 0.2) is 0 Å². The lowest BCUT2D eigenvalue weighted by Crippen LogP contribution is -2.36. The topological polar surface area (TPSA) is 37.4 Å². The summed E-state index contributed by atoms with van der Waals surface area (Å²) in [4.78, 5) is 8.60. The molecule has 1 saturated heterocycles. The van der Waals surface area contributed by atoms with Gasteiger partial charge >= 0.3 is 0 Å². The highest BCUT2D eigenvalue weighted by molar-refractivity contribution is 7.15. The molecule has 0 unspecified atom stereocenters. The minimum atomic E-state index is 0.517. The second-order valence-corrected chi connectivity index (χ2v) is 6.31. The molecule has 1 aromatic heterocycles. The summed E-state index contributed by atoms with van der Waals surface area (Å²) in [5.74, 6) is 0. The average molecular weight is 283 g/mol. The third-order valence-electron chi connectivity index (χ3n) is 3.21. The van der Waals surface area contributed by atoms with E-state index >= 15 is 0 Å². The van der Waals surface area contributed by atoms with Crippen molar-refractivity contribution in [2.75, 3.05) is 31.2 Å². The van der Waals surface area contributed by atoms with Crippen molar-refractivity contribution in [3.63, 3.8) is 0 Å². The van der Waals surface area contributed by atoms with Crippen LogP contribution in [-0.2, 0) is 17.7 Å². The van der Waals surface area contributed by atoms with Gasteiger partial charge in [-0.1, -0.05) is 27.2 Å². The standard InChI is InChI=1S/C14H25N3OS/c1-4-5-12-13(10-15-11(2)3)19-14(16-12)17-6-8-18-9-7-17/h11,15H,4-10H2,1-3H3. The number of rotatable bonds is 6. The largest absolute Gasteiger partial charge is 0.378 e. The number of thiazole rings is 1. The van der Waals surface area contributed by atoms with E-state index in [-0.39, 0.29) is 0 Å². The predicted octanol–water partition coefficient (Wildman–Crippen LogP) is 2.43. The molecule has 2 heterocycles. The van der Waals surface area contributed by atoms with Gasteiger partial charge < -0.3 is 15.0 Å². The Morgan fingerprint density at radius 3 is 2.74 bits per heavy atom. The Morgan fingerprint density at radius 1 is 1.37 bits per heavy atom. The van der Waals surface area contributed by atoms with Crippen molar-refractivity contribution < 1.29 is 4.74 Å². The van der Waals surface area contributed by atoms with Gasteiger partial charge in [0.05, 0.1) is 18.9 Å². The Kier molecular flexibility index (Phi) is 5.60. The van der Waals surface area contributed by atoms with Crippen LogP contribution in [0, 0.1) is 0 Å². The molecule has 0 radical (unpaired) electrons. The van der Waals surface area contributed by atoms with E-state index in [2.05, 4.69) is 31.0 Å². The Bertz CT molecular complexity index is 386. The lowest BCUT2D eigenvalue weighted by atomic mass is 10.2. The lowest BCUT2D eigenvalue weighted by Gasteiger charge is -2.26. The molecular weight excluding hydrogens is 258 g/mol. The van der Waals surface area contributed by atoms with E-state index in [4.69, 9.17) is 9.72 Å². The highest BCUT2D eigenvalue weighted by Gasteiger charge is 2.18. The summed E-state index contributed by atoms with van der Waals surface area (Å²) >= 11 is 1.84. The molecule has 0 atom stereocenters. The first-order valence-corrected chi connectivity index (χ1v) is 8.07. The zero-order valence-electron chi connectivity index (χ0n) is 12.2. The third-order valence-corrected chi connectivity index (χ3v) is 4.36. The minimum Gasteiger partial charge on any atom is -0.378 e. The van der Waals surface area contributed by atoms with Gasteiger partial charge in [-0.3, -0.25) is 0 Å². The number of aryl methyl sites for hydroxylation is 1. The summed E-state index contributed by atoms with van der Waals surface area (Å²) in [6.07, 6.45) is 2.23. The lowest BCUT2D eigenvalue weighted by molar-refractivity contribution is 0.122. The Hall–Kier alpha value is -0.650. The first-order chi connectivity index (χ1) is 9.20. The van der Waals surface area contributed by atoms with E-state index in [1.54, 1.807) is 0 Å². The zero-order chi connectivity index (χ0) is 13.7. The van der Waals surface area contributed by atoms with Gasteiger partial charge in [-0.15, -0.1) is 11.3 Å². The fourth-order valence-corrected chi connectivity index (χ4v) is 3.24. The monoisotopic (exact) mass is 283 g/mol. The van der Waals surface area contributed by atoms with E-state index in [0.29, 0.717) is 6.04 Å². The number of aromatic nitrogens is 1. The van der Waals surface area contributed by atoms with Crippen molar-refractivity contribution in [3.05, 3.63) is 10.6 Å². The van der Waals surface area contributed by atoms with Crippen LogP contribution >= 0.6 is 11.3 Å². The zero-order valence-corrected chi connectivity index (χ0v) is 13.1. The molecule has 1 aliphatic rings. The highest BCUT2D eigenvalue weighted by Crippen LogP contribution is 2.28. The van der Waals surface area contributed by atoms with Crippen molar-refractivity contribution >= 4 is 16.5 Å². The van der Waals surface area contributed by atoms with E-state index < -0.39 is 0 Å². The van der Waals surface area contributed by atoms with Crippen molar-refractivity contribution in [1.29, 1.82) is 0 Å². The molecule has 2 rings (SSSR count). The molecule has 0 saturated carbocycles. The number of anilines is 1. The fourth-order valence-electron chi connectivity index (χ4n) is 2.13. The summed E-state index contributed by atoms with van der Waals surface area (Å²) in [5.41, 5.74) is 1.28. The number of hydrogen-bond acceptors (Lipinski definition) is 5. The molecule has 5 heteroatoms. The molecule has 1 fully saturated rings. The van der Waals surface area contributed by atoms with Crippen LogP contribution in [-0.4, -0.2) is 37.3 Å².